The van der Waals surface area contributed by atoms with Crippen molar-refractivity contribution in [1.29, 1.82) is 0 Å². The van der Waals surface area contributed by atoms with Crippen LogP contribution in [0.25, 0.3) is 0 Å². The molecule has 2 unspecified atom stereocenters. The number of rotatable bonds is 1. The van der Waals surface area contributed by atoms with Gasteiger partial charge >= 0.3 is 0 Å². The van der Waals surface area contributed by atoms with Crippen LogP contribution in [0.15, 0.2) is 0 Å². The standard InChI is InChI=1S/C13H19N3S/c14-8-6-9-4-5-10(7-8)16(9)13-15-11-2-1-3-12(11)17-13/h8-10H,1-7,14H2. The number of hydrogen-bond donors (Lipinski definition) is 1. The summed E-state index contributed by atoms with van der Waals surface area (Å²) >= 11 is 1.95. The third-order valence-corrected chi connectivity index (χ3v) is 5.75. The van der Waals surface area contributed by atoms with Crippen molar-refractivity contribution in [1.82, 2.24) is 4.98 Å². The zero-order valence-corrected chi connectivity index (χ0v) is 10.9. The van der Waals surface area contributed by atoms with E-state index in [9.17, 15) is 0 Å². The molecule has 0 saturated carbocycles. The van der Waals surface area contributed by atoms with Gasteiger partial charge in [0.15, 0.2) is 5.13 Å². The summed E-state index contributed by atoms with van der Waals surface area (Å²) in [4.78, 5) is 9.04. The highest BCUT2D eigenvalue weighted by Crippen LogP contribution is 2.42. The molecule has 2 bridgehead atoms. The number of aromatic nitrogens is 1. The van der Waals surface area contributed by atoms with Gasteiger partial charge in [-0.2, -0.15) is 0 Å². The van der Waals surface area contributed by atoms with E-state index in [4.69, 9.17) is 10.7 Å². The fraction of sp³-hybridized carbons (Fsp3) is 0.769. The number of fused-ring (bicyclic) bond motifs is 3. The molecule has 2 N–H and O–H groups in total. The molecule has 92 valence electrons. The first-order valence-electron chi connectivity index (χ1n) is 6.84. The molecule has 0 amide bonds. The third-order valence-electron chi connectivity index (χ3n) is 4.57. The highest BCUT2D eigenvalue weighted by Gasteiger charge is 2.41. The molecule has 3 aliphatic rings. The second-order valence-corrected chi connectivity index (χ2v) is 6.81. The van der Waals surface area contributed by atoms with E-state index in [0.717, 1.165) is 0 Å². The topological polar surface area (TPSA) is 42.1 Å². The molecule has 2 aliphatic heterocycles. The lowest BCUT2D eigenvalue weighted by molar-refractivity contribution is 0.414. The molecule has 1 aromatic heterocycles. The van der Waals surface area contributed by atoms with Gasteiger partial charge in [-0.25, -0.2) is 4.98 Å². The molecule has 1 aliphatic carbocycles. The van der Waals surface area contributed by atoms with Crippen LogP contribution in [-0.2, 0) is 12.8 Å². The Morgan fingerprint density at radius 1 is 1.18 bits per heavy atom. The molecule has 4 rings (SSSR count). The third kappa shape index (κ3) is 1.54. The molecule has 1 aromatic rings. The van der Waals surface area contributed by atoms with E-state index in [0.29, 0.717) is 18.1 Å². The summed E-state index contributed by atoms with van der Waals surface area (Å²) in [6.07, 6.45) is 8.75. The maximum absolute atomic E-state index is 6.12. The Bertz CT molecular complexity index is 406. The smallest absolute Gasteiger partial charge is 0.186 e. The molecule has 2 fully saturated rings. The Kier molecular flexibility index (Phi) is 2.24. The lowest BCUT2D eigenvalue weighted by Gasteiger charge is -2.37. The number of aryl methyl sites for hydroxylation is 2. The van der Waals surface area contributed by atoms with E-state index in [1.165, 1.54) is 55.8 Å². The van der Waals surface area contributed by atoms with E-state index >= 15 is 0 Å². The monoisotopic (exact) mass is 249 g/mol. The van der Waals surface area contributed by atoms with Crippen LogP contribution in [0, 0.1) is 0 Å². The molecular formula is C13H19N3S. The van der Waals surface area contributed by atoms with Crippen molar-refractivity contribution >= 4 is 16.5 Å². The highest BCUT2D eigenvalue weighted by atomic mass is 32.1. The van der Waals surface area contributed by atoms with E-state index < -0.39 is 0 Å². The van der Waals surface area contributed by atoms with Crippen molar-refractivity contribution in [2.45, 2.75) is 63.1 Å². The predicted molar refractivity (Wildman–Crippen MR) is 70.6 cm³/mol. The zero-order chi connectivity index (χ0) is 11.4. The fourth-order valence-corrected chi connectivity index (χ4v) is 5.11. The number of anilines is 1. The van der Waals surface area contributed by atoms with Crippen LogP contribution in [0.4, 0.5) is 5.13 Å². The molecule has 3 nitrogen and oxygen atoms in total. The van der Waals surface area contributed by atoms with Gasteiger partial charge in [0.25, 0.3) is 0 Å². The highest BCUT2D eigenvalue weighted by molar-refractivity contribution is 7.15. The molecule has 17 heavy (non-hydrogen) atoms. The summed E-state index contributed by atoms with van der Waals surface area (Å²) in [5.74, 6) is 0. The lowest BCUT2D eigenvalue weighted by Crippen LogP contribution is -2.47. The Morgan fingerprint density at radius 2 is 1.94 bits per heavy atom. The van der Waals surface area contributed by atoms with Crippen LogP contribution in [0.3, 0.4) is 0 Å². The predicted octanol–water partition coefficient (Wildman–Crippen LogP) is 2.09. The molecule has 2 atom stereocenters. The van der Waals surface area contributed by atoms with Gasteiger partial charge in [0.1, 0.15) is 0 Å². The number of nitrogens with two attached hydrogens (primary N) is 1. The van der Waals surface area contributed by atoms with Crippen LogP contribution >= 0.6 is 11.3 Å². The van der Waals surface area contributed by atoms with Gasteiger partial charge < -0.3 is 10.6 Å². The molecule has 0 spiro atoms. The Labute approximate surface area is 106 Å². The zero-order valence-electron chi connectivity index (χ0n) is 10.1. The summed E-state index contributed by atoms with van der Waals surface area (Å²) in [6.45, 7) is 0. The molecule has 0 aromatic carbocycles. The summed E-state index contributed by atoms with van der Waals surface area (Å²) in [7, 11) is 0. The maximum Gasteiger partial charge on any atom is 0.186 e. The summed E-state index contributed by atoms with van der Waals surface area (Å²) in [5.41, 5.74) is 7.51. The quantitative estimate of drug-likeness (QED) is 0.828. The second kappa shape index (κ2) is 3.69. The van der Waals surface area contributed by atoms with Crippen molar-refractivity contribution in [3.05, 3.63) is 10.6 Å². The summed E-state index contributed by atoms with van der Waals surface area (Å²) in [6, 6.07) is 1.78. The Morgan fingerprint density at radius 3 is 2.65 bits per heavy atom. The van der Waals surface area contributed by atoms with Gasteiger partial charge in [-0.1, -0.05) is 0 Å². The first-order chi connectivity index (χ1) is 8.31. The van der Waals surface area contributed by atoms with E-state index in [2.05, 4.69) is 4.90 Å². The van der Waals surface area contributed by atoms with Crippen molar-refractivity contribution in [2.24, 2.45) is 5.73 Å². The van der Waals surface area contributed by atoms with Gasteiger partial charge in [0, 0.05) is 23.0 Å². The summed E-state index contributed by atoms with van der Waals surface area (Å²) < 4.78 is 0. The van der Waals surface area contributed by atoms with Gasteiger partial charge in [0.05, 0.1) is 5.69 Å². The fourth-order valence-electron chi connectivity index (χ4n) is 3.82. The van der Waals surface area contributed by atoms with Crippen molar-refractivity contribution < 1.29 is 0 Å². The average Bonchev–Trinajstić information content (AvgIpc) is 2.89. The van der Waals surface area contributed by atoms with Crippen molar-refractivity contribution in [3.8, 4) is 0 Å². The minimum Gasteiger partial charge on any atom is -0.342 e. The normalized spacial score (nSPS) is 35.4. The van der Waals surface area contributed by atoms with Crippen LogP contribution in [-0.4, -0.2) is 23.1 Å². The number of thiazole rings is 1. The molecular weight excluding hydrogens is 230 g/mol. The summed E-state index contributed by atoms with van der Waals surface area (Å²) in [5, 5.41) is 1.30. The van der Waals surface area contributed by atoms with Gasteiger partial charge in [-0.3, -0.25) is 0 Å². The largest absolute Gasteiger partial charge is 0.342 e. The SMILES string of the molecule is NC1CC2CCC(C1)N2c1nc2c(s1)CCC2. The minimum absolute atomic E-state index is 0.426. The van der Waals surface area contributed by atoms with Crippen LogP contribution in [0.1, 0.15) is 42.7 Å². The van der Waals surface area contributed by atoms with E-state index in [1.54, 1.807) is 4.88 Å². The van der Waals surface area contributed by atoms with Crippen molar-refractivity contribution in [2.75, 3.05) is 4.90 Å². The minimum atomic E-state index is 0.426. The van der Waals surface area contributed by atoms with Crippen LogP contribution < -0.4 is 10.6 Å². The maximum atomic E-state index is 6.12. The Balaban J connectivity index is 1.66. The first-order valence-corrected chi connectivity index (χ1v) is 7.65. The van der Waals surface area contributed by atoms with Crippen LogP contribution in [0.5, 0.6) is 0 Å². The molecule has 0 radical (unpaired) electrons. The van der Waals surface area contributed by atoms with Gasteiger partial charge in [0.2, 0.25) is 0 Å². The lowest BCUT2D eigenvalue weighted by atomic mass is 9.99. The van der Waals surface area contributed by atoms with Crippen molar-refractivity contribution in [3.63, 3.8) is 0 Å². The van der Waals surface area contributed by atoms with Gasteiger partial charge in [-0.05, 0) is 44.9 Å². The number of piperidine rings is 1. The molecule has 3 heterocycles. The first kappa shape index (κ1) is 10.3. The number of hydrogen-bond acceptors (Lipinski definition) is 4. The second-order valence-electron chi connectivity index (χ2n) is 5.74. The molecule has 2 saturated heterocycles. The number of nitrogens with zero attached hydrogens (tertiary/aromatic N) is 2. The molecule has 4 heteroatoms. The van der Waals surface area contributed by atoms with Crippen LogP contribution in [0.2, 0.25) is 0 Å². The average molecular weight is 249 g/mol. The van der Waals surface area contributed by atoms with Gasteiger partial charge in [-0.15, -0.1) is 11.3 Å². The van der Waals surface area contributed by atoms with E-state index in [-0.39, 0.29) is 0 Å². The Hall–Kier alpha value is -0.610. The van der Waals surface area contributed by atoms with E-state index in [1.807, 2.05) is 11.3 Å².